The molecule has 0 amide bonds. The molecule has 0 aliphatic rings. The van der Waals surface area contributed by atoms with Crippen LogP contribution in [-0.4, -0.2) is 22.4 Å². The van der Waals surface area contributed by atoms with E-state index in [1.54, 1.807) is 30.3 Å². The Bertz CT molecular complexity index is 942. The highest BCUT2D eigenvalue weighted by atomic mass is 35.5. The fourth-order valence-electron chi connectivity index (χ4n) is 2.53. The summed E-state index contributed by atoms with van der Waals surface area (Å²) in [6.45, 7) is 3.85. The fraction of sp³-hybridized carbons (Fsp3) is 0.190. The van der Waals surface area contributed by atoms with Gasteiger partial charge in [0.2, 0.25) is 11.8 Å². The maximum Gasteiger partial charge on any atom is 0.230 e. The Morgan fingerprint density at radius 3 is 2.63 bits per heavy atom. The van der Waals surface area contributed by atoms with E-state index in [1.807, 2.05) is 19.1 Å². The summed E-state index contributed by atoms with van der Waals surface area (Å²) in [5.74, 6) is 0.629. The molecule has 5 nitrogen and oxygen atoms in total. The van der Waals surface area contributed by atoms with Crippen LogP contribution in [-0.2, 0) is 6.42 Å². The van der Waals surface area contributed by atoms with Crippen molar-refractivity contribution in [1.82, 2.24) is 9.97 Å². The normalized spacial score (nSPS) is 10.5. The van der Waals surface area contributed by atoms with E-state index < -0.39 is 0 Å². The molecule has 0 bridgehead atoms. The number of carbonyl (C=O) groups excluding carboxylic acids is 1. The highest BCUT2D eigenvalue weighted by molar-refractivity contribution is 6.30. The minimum atomic E-state index is -0.145. The summed E-state index contributed by atoms with van der Waals surface area (Å²) < 4.78 is 5.58. The van der Waals surface area contributed by atoms with Crippen molar-refractivity contribution in [2.24, 2.45) is 0 Å². The molecule has 0 aliphatic carbocycles. The van der Waals surface area contributed by atoms with Crippen LogP contribution in [0.5, 0.6) is 5.88 Å². The number of hydrogen-bond donors (Lipinski definition) is 1. The topological polar surface area (TPSA) is 64.1 Å². The summed E-state index contributed by atoms with van der Waals surface area (Å²) in [6.07, 6.45) is 0.950. The molecule has 0 saturated carbocycles. The zero-order valence-corrected chi connectivity index (χ0v) is 16.0. The van der Waals surface area contributed by atoms with Crippen molar-refractivity contribution in [3.63, 3.8) is 0 Å². The molecular formula is C21H20ClN3O2. The Morgan fingerprint density at radius 1 is 1.11 bits per heavy atom. The van der Waals surface area contributed by atoms with Gasteiger partial charge < -0.3 is 10.1 Å². The summed E-state index contributed by atoms with van der Waals surface area (Å²) in [6, 6.07) is 16.5. The van der Waals surface area contributed by atoms with Gasteiger partial charge in [0.1, 0.15) is 0 Å². The molecule has 3 aromatic rings. The minimum absolute atomic E-state index is 0.108. The molecule has 0 radical (unpaired) electrons. The number of benzene rings is 2. The first-order valence-electron chi connectivity index (χ1n) is 8.66. The lowest BCUT2D eigenvalue weighted by atomic mass is 10.1. The van der Waals surface area contributed by atoms with Crippen LogP contribution >= 0.6 is 11.6 Å². The van der Waals surface area contributed by atoms with Gasteiger partial charge in [-0.2, -0.15) is 4.98 Å². The number of aryl methyl sites for hydroxylation is 2. The second-order valence-electron chi connectivity index (χ2n) is 6.07. The SMILES string of the molecule is CCc1cccc(Nc2nc(C)cc(OCC(=O)c3ccc(Cl)cc3)n2)c1. The lowest BCUT2D eigenvalue weighted by Gasteiger charge is -2.10. The van der Waals surface area contributed by atoms with Crippen molar-refractivity contribution < 1.29 is 9.53 Å². The van der Waals surface area contributed by atoms with Crippen LogP contribution in [0.4, 0.5) is 11.6 Å². The molecule has 0 spiro atoms. The number of rotatable bonds is 7. The Hall–Kier alpha value is -2.92. The first-order chi connectivity index (χ1) is 13.0. The Kier molecular flexibility index (Phi) is 6.04. The number of carbonyl (C=O) groups is 1. The van der Waals surface area contributed by atoms with Gasteiger partial charge in [0.05, 0.1) is 0 Å². The quantitative estimate of drug-likeness (QED) is 0.583. The lowest BCUT2D eigenvalue weighted by Crippen LogP contribution is -2.13. The van der Waals surface area contributed by atoms with Gasteiger partial charge in [0, 0.05) is 28.0 Å². The molecule has 3 rings (SSSR count). The molecule has 0 fully saturated rings. The first kappa shape index (κ1) is 18.9. The van der Waals surface area contributed by atoms with E-state index in [0.717, 1.165) is 17.8 Å². The molecule has 1 aromatic heterocycles. The number of aromatic nitrogens is 2. The zero-order chi connectivity index (χ0) is 19.2. The molecule has 0 atom stereocenters. The molecule has 138 valence electrons. The van der Waals surface area contributed by atoms with Crippen LogP contribution < -0.4 is 10.1 Å². The van der Waals surface area contributed by atoms with Gasteiger partial charge in [-0.25, -0.2) is 4.98 Å². The maximum absolute atomic E-state index is 12.2. The zero-order valence-electron chi connectivity index (χ0n) is 15.2. The molecular weight excluding hydrogens is 362 g/mol. The Morgan fingerprint density at radius 2 is 1.89 bits per heavy atom. The van der Waals surface area contributed by atoms with Crippen molar-refractivity contribution in [2.75, 3.05) is 11.9 Å². The summed E-state index contributed by atoms with van der Waals surface area (Å²) in [4.78, 5) is 21.0. The Balaban J connectivity index is 1.69. The number of hydrogen-bond acceptors (Lipinski definition) is 5. The summed E-state index contributed by atoms with van der Waals surface area (Å²) >= 11 is 5.84. The third-order valence-electron chi connectivity index (χ3n) is 3.94. The number of ketones is 1. The van der Waals surface area contributed by atoms with E-state index in [2.05, 4.69) is 34.3 Å². The third kappa shape index (κ3) is 5.28. The molecule has 6 heteroatoms. The van der Waals surface area contributed by atoms with E-state index in [1.165, 1.54) is 5.56 Å². The van der Waals surface area contributed by atoms with Crippen molar-refractivity contribution in [3.8, 4) is 5.88 Å². The summed E-state index contributed by atoms with van der Waals surface area (Å²) in [5.41, 5.74) is 3.41. The van der Waals surface area contributed by atoms with Gasteiger partial charge in [-0.15, -0.1) is 0 Å². The monoisotopic (exact) mass is 381 g/mol. The Labute approximate surface area is 163 Å². The van der Waals surface area contributed by atoms with Crippen LogP contribution in [0.2, 0.25) is 5.02 Å². The third-order valence-corrected chi connectivity index (χ3v) is 4.19. The van der Waals surface area contributed by atoms with Crippen molar-refractivity contribution in [3.05, 3.63) is 76.4 Å². The summed E-state index contributed by atoms with van der Waals surface area (Å²) in [7, 11) is 0. The predicted octanol–water partition coefficient (Wildman–Crippen LogP) is 5.01. The second kappa shape index (κ2) is 8.64. The molecule has 1 heterocycles. The summed E-state index contributed by atoms with van der Waals surface area (Å²) in [5, 5.41) is 3.77. The van der Waals surface area contributed by atoms with E-state index >= 15 is 0 Å². The number of anilines is 2. The maximum atomic E-state index is 12.2. The molecule has 27 heavy (non-hydrogen) atoms. The van der Waals surface area contributed by atoms with Crippen LogP contribution in [0.15, 0.2) is 54.6 Å². The highest BCUT2D eigenvalue weighted by Gasteiger charge is 2.09. The number of nitrogens with zero attached hydrogens (tertiary/aromatic N) is 2. The van der Waals surface area contributed by atoms with Crippen LogP contribution in [0.3, 0.4) is 0 Å². The minimum Gasteiger partial charge on any atom is -0.469 e. The average molecular weight is 382 g/mol. The highest BCUT2D eigenvalue weighted by Crippen LogP contribution is 2.19. The second-order valence-corrected chi connectivity index (χ2v) is 6.51. The first-order valence-corrected chi connectivity index (χ1v) is 9.04. The lowest BCUT2D eigenvalue weighted by molar-refractivity contribution is 0.0918. The standard InChI is InChI=1S/C21H20ClN3O2/c1-3-15-5-4-6-18(12-15)24-21-23-14(2)11-20(25-21)27-13-19(26)16-7-9-17(22)10-8-16/h4-12H,3,13H2,1-2H3,(H,23,24,25). The predicted molar refractivity (Wildman–Crippen MR) is 107 cm³/mol. The fourth-order valence-corrected chi connectivity index (χ4v) is 2.65. The molecule has 0 saturated heterocycles. The van der Waals surface area contributed by atoms with E-state index in [4.69, 9.17) is 16.3 Å². The van der Waals surface area contributed by atoms with Crippen molar-refractivity contribution in [1.29, 1.82) is 0 Å². The molecule has 1 N–H and O–H groups in total. The average Bonchev–Trinajstić information content (AvgIpc) is 2.66. The molecule has 2 aromatic carbocycles. The van der Waals surface area contributed by atoms with Gasteiger partial charge in [-0.3, -0.25) is 4.79 Å². The van der Waals surface area contributed by atoms with Gasteiger partial charge in [0.15, 0.2) is 12.4 Å². The van der Waals surface area contributed by atoms with E-state index in [-0.39, 0.29) is 12.4 Å². The van der Waals surface area contributed by atoms with Gasteiger partial charge in [-0.05, 0) is 55.3 Å². The van der Waals surface area contributed by atoms with Crippen molar-refractivity contribution >= 4 is 29.0 Å². The molecule has 0 aliphatic heterocycles. The van der Waals surface area contributed by atoms with Crippen molar-refractivity contribution in [2.45, 2.75) is 20.3 Å². The van der Waals surface area contributed by atoms with Gasteiger partial charge in [0.25, 0.3) is 0 Å². The largest absolute Gasteiger partial charge is 0.469 e. The smallest absolute Gasteiger partial charge is 0.230 e. The van der Waals surface area contributed by atoms with Crippen LogP contribution in [0.1, 0.15) is 28.5 Å². The number of Topliss-reactive ketones (excluding diaryl/α,β-unsaturated/α-hetero) is 1. The van der Waals surface area contributed by atoms with Gasteiger partial charge in [-0.1, -0.05) is 30.7 Å². The number of ether oxygens (including phenoxy) is 1. The number of halogens is 1. The van der Waals surface area contributed by atoms with Crippen LogP contribution in [0.25, 0.3) is 0 Å². The van der Waals surface area contributed by atoms with Gasteiger partial charge >= 0.3 is 0 Å². The number of nitrogens with one attached hydrogen (secondary N) is 1. The molecule has 0 unspecified atom stereocenters. The van der Waals surface area contributed by atoms with E-state index in [9.17, 15) is 4.79 Å². The van der Waals surface area contributed by atoms with E-state index in [0.29, 0.717) is 22.4 Å². The van der Waals surface area contributed by atoms with Crippen LogP contribution in [0, 0.1) is 6.92 Å².